The van der Waals surface area contributed by atoms with Crippen LogP contribution in [0.1, 0.15) is 17.7 Å². The number of nitrogens with one attached hydrogen (secondary N) is 1. The number of likely N-dealkylation sites (tertiary alicyclic amines) is 1. The zero-order valence-corrected chi connectivity index (χ0v) is 19.1. The number of carbonyl (C=O) groups excluding carboxylic acids is 1. The molecule has 0 unspecified atom stereocenters. The Hall–Kier alpha value is -1.12. The predicted octanol–water partition coefficient (Wildman–Crippen LogP) is 3.90. The quantitative estimate of drug-likeness (QED) is 0.629. The summed E-state index contributed by atoms with van der Waals surface area (Å²) < 4.78 is 25.2. The first-order valence-corrected chi connectivity index (χ1v) is 12.8. The van der Waals surface area contributed by atoms with Crippen LogP contribution in [0.15, 0.2) is 40.6 Å². The highest BCUT2D eigenvalue weighted by molar-refractivity contribution is 7.91. The molecule has 0 aliphatic carbocycles. The lowest BCUT2D eigenvalue weighted by Crippen LogP contribution is -2.42. The number of hydrogen-bond donors (Lipinski definition) is 1. The van der Waals surface area contributed by atoms with Crippen LogP contribution in [0.4, 0.5) is 0 Å². The van der Waals surface area contributed by atoms with Gasteiger partial charge < -0.3 is 10.2 Å². The number of amides is 1. The van der Waals surface area contributed by atoms with Gasteiger partial charge in [0.05, 0.1) is 15.7 Å². The van der Waals surface area contributed by atoms with E-state index in [4.69, 9.17) is 23.2 Å². The Morgan fingerprint density at radius 3 is 2.66 bits per heavy atom. The van der Waals surface area contributed by atoms with Gasteiger partial charge in [-0.3, -0.25) is 4.79 Å². The van der Waals surface area contributed by atoms with Gasteiger partial charge in [0.15, 0.2) is 9.84 Å². The van der Waals surface area contributed by atoms with Crippen LogP contribution in [0.5, 0.6) is 0 Å². The second-order valence-electron chi connectivity index (χ2n) is 7.13. The smallest absolute Gasteiger partial charge is 0.223 e. The molecule has 1 amide bonds. The summed E-state index contributed by atoms with van der Waals surface area (Å²) in [7, 11) is -3.51. The summed E-state index contributed by atoms with van der Waals surface area (Å²) >= 11 is 13.6. The van der Waals surface area contributed by atoms with Crippen molar-refractivity contribution in [1.29, 1.82) is 0 Å². The van der Waals surface area contributed by atoms with E-state index in [9.17, 15) is 13.2 Å². The van der Waals surface area contributed by atoms with Crippen LogP contribution < -0.4 is 5.32 Å². The van der Waals surface area contributed by atoms with Crippen LogP contribution in [0.25, 0.3) is 0 Å². The van der Waals surface area contributed by atoms with E-state index in [1.807, 2.05) is 11.4 Å². The second-order valence-corrected chi connectivity index (χ2v) is 11.1. The minimum Gasteiger partial charge on any atom is -0.355 e. The Kier molecular flexibility index (Phi) is 7.99. The van der Waals surface area contributed by atoms with Gasteiger partial charge in [-0.25, -0.2) is 8.42 Å². The largest absolute Gasteiger partial charge is 0.355 e. The molecule has 1 aliphatic rings. The van der Waals surface area contributed by atoms with Crippen molar-refractivity contribution >= 4 is 50.3 Å². The van der Waals surface area contributed by atoms with Gasteiger partial charge >= 0.3 is 0 Å². The summed E-state index contributed by atoms with van der Waals surface area (Å²) in [6.45, 7) is 2.49. The Balaban J connectivity index is 1.42. The van der Waals surface area contributed by atoms with Gasteiger partial charge in [-0.15, -0.1) is 11.3 Å². The fraction of sp³-hybridized carbons (Fsp3) is 0.450. The summed E-state index contributed by atoms with van der Waals surface area (Å²) in [6, 6.07) is 8.54. The first-order valence-electron chi connectivity index (χ1n) is 9.55. The van der Waals surface area contributed by atoms with Crippen molar-refractivity contribution in [1.82, 2.24) is 10.2 Å². The summed E-state index contributed by atoms with van der Waals surface area (Å²) in [5.74, 6) is 0.0678. The minimum atomic E-state index is -3.51. The molecular weight excluding hydrogens is 451 g/mol. The van der Waals surface area contributed by atoms with Gasteiger partial charge in [-0.2, -0.15) is 0 Å². The van der Waals surface area contributed by atoms with Crippen LogP contribution in [-0.4, -0.2) is 51.2 Å². The summed E-state index contributed by atoms with van der Waals surface area (Å²) in [5.41, 5.74) is 0. The van der Waals surface area contributed by atoms with Crippen molar-refractivity contribution in [3.8, 4) is 0 Å². The highest BCUT2D eigenvalue weighted by Crippen LogP contribution is 2.26. The van der Waals surface area contributed by atoms with Gasteiger partial charge in [0.2, 0.25) is 5.91 Å². The van der Waals surface area contributed by atoms with E-state index in [1.165, 1.54) is 17.0 Å². The van der Waals surface area contributed by atoms with Crippen molar-refractivity contribution in [2.45, 2.75) is 24.2 Å². The first kappa shape index (κ1) is 22.6. The number of piperidine rings is 1. The van der Waals surface area contributed by atoms with Crippen molar-refractivity contribution in [3.05, 3.63) is 50.6 Å². The lowest BCUT2D eigenvalue weighted by molar-refractivity contribution is -0.126. The zero-order chi connectivity index (χ0) is 20.9. The van der Waals surface area contributed by atoms with Gasteiger partial charge in [0.1, 0.15) is 0 Å². The number of thiophene rings is 1. The maximum atomic E-state index is 12.6. The zero-order valence-electron chi connectivity index (χ0n) is 15.9. The van der Waals surface area contributed by atoms with Gasteiger partial charge in [0.25, 0.3) is 0 Å². The Bertz CT molecular complexity index is 925. The SMILES string of the molecule is O=C(NCCc1cccs1)C1CCN(CCS(=O)(=O)c2cc(Cl)ccc2Cl)CC1. The highest BCUT2D eigenvalue weighted by atomic mass is 35.5. The average Bonchev–Trinajstić information content (AvgIpc) is 3.22. The number of rotatable bonds is 8. The lowest BCUT2D eigenvalue weighted by Gasteiger charge is -2.31. The second kappa shape index (κ2) is 10.3. The van der Waals surface area contributed by atoms with Crippen LogP contribution >= 0.6 is 34.5 Å². The number of benzene rings is 1. The molecule has 9 heteroatoms. The molecule has 0 radical (unpaired) electrons. The summed E-state index contributed by atoms with van der Waals surface area (Å²) in [6.07, 6.45) is 2.33. The normalized spacial score (nSPS) is 16.1. The lowest BCUT2D eigenvalue weighted by atomic mass is 9.96. The molecule has 1 aromatic carbocycles. The van der Waals surface area contributed by atoms with Crippen molar-refractivity contribution in [2.75, 3.05) is 31.9 Å². The molecule has 29 heavy (non-hydrogen) atoms. The third-order valence-corrected chi connectivity index (χ3v) is 8.45. The van der Waals surface area contributed by atoms with E-state index in [2.05, 4.69) is 16.3 Å². The third-order valence-electron chi connectivity index (χ3n) is 5.11. The van der Waals surface area contributed by atoms with Crippen LogP contribution in [-0.2, 0) is 21.1 Å². The molecule has 5 nitrogen and oxygen atoms in total. The molecule has 1 N–H and O–H groups in total. The van der Waals surface area contributed by atoms with Crippen LogP contribution in [0.3, 0.4) is 0 Å². The predicted molar refractivity (Wildman–Crippen MR) is 119 cm³/mol. The molecule has 1 saturated heterocycles. The summed E-state index contributed by atoms with van der Waals surface area (Å²) in [4.78, 5) is 15.8. The van der Waals surface area contributed by atoms with Gasteiger partial charge in [0, 0.05) is 28.9 Å². The minimum absolute atomic E-state index is 0.00596. The van der Waals surface area contributed by atoms with Crippen molar-refractivity contribution in [3.63, 3.8) is 0 Å². The highest BCUT2D eigenvalue weighted by Gasteiger charge is 2.26. The molecule has 3 rings (SSSR count). The van der Waals surface area contributed by atoms with Gasteiger partial charge in [-0.1, -0.05) is 29.3 Å². The molecule has 0 atom stereocenters. The topological polar surface area (TPSA) is 66.5 Å². The number of halogens is 2. The number of sulfone groups is 1. The van der Waals surface area contributed by atoms with E-state index < -0.39 is 9.84 Å². The van der Waals surface area contributed by atoms with E-state index in [0.717, 1.165) is 19.3 Å². The molecular formula is C20H24Cl2N2O3S2. The fourth-order valence-electron chi connectivity index (χ4n) is 3.40. The third kappa shape index (κ3) is 6.43. The molecule has 2 aromatic rings. The molecule has 2 heterocycles. The Labute approximate surface area is 185 Å². The van der Waals surface area contributed by atoms with E-state index in [-0.39, 0.29) is 27.5 Å². The Morgan fingerprint density at radius 1 is 1.21 bits per heavy atom. The molecule has 158 valence electrons. The molecule has 0 bridgehead atoms. The van der Waals surface area contributed by atoms with Gasteiger partial charge in [-0.05, 0) is 62.0 Å². The fourth-order valence-corrected chi connectivity index (χ4v) is 6.21. The molecule has 0 saturated carbocycles. The molecule has 1 aliphatic heterocycles. The van der Waals surface area contributed by atoms with Crippen LogP contribution in [0.2, 0.25) is 10.0 Å². The maximum absolute atomic E-state index is 12.6. The summed E-state index contributed by atoms with van der Waals surface area (Å²) in [5, 5.41) is 5.59. The van der Waals surface area contributed by atoms with Crippen molar-refractivity contribution < 1.29 is 13.2 Å². The van der Waals surface area contributed by atoms with E-state index >= 15 is 0 Å². The molecule has 1 fully saturated rings. The number of hydrogen-bond acceptors (Lipinski definition) is 5. The molecule has 0 spiro atoms. The monoisotopic (exact) mass is 474 g/mol. The Morgan fingerprint density at radius 2 is 1.97 bits per heavy atom. The standard InChI is InChI=1S/C20H24Cl2N2O3S2/c21-16-3-4-18(22)19(14-16)29(26,27)13-11-24-9-6-15(7-10-24)20(25)23-8-5-17-2-1-12-28-17/h1-4,12,14-15H,5-11,13H2,(H,23,25). The van der Waals surface area contributed by atoms with Crippen LogP contribution in [0, 0.1) is 5.92 Å². The van der Waals surface area contributed by atoms with Crippen molar-refractivity contribution in [2.24, 2.45) is 5.92 Å². The maximum Gasteiger partial charge on any atom is 0.223 e. The number of carbonyl (C=O) groups is 1. The average molecular weight is 475 g/mol. The van der Waals surface area contributed by atoms with E-state index in [1.54, 1.807) is 17.4 Å². The first-order chi connectivity index (χ1) is 13.8. The number of nitrogens with zero attached hydrogens (tertiary/aromatic N) is 1. The van der Waals surface area contributed by atoms with E-state index in [0.29, 0.717) is 31.2 Å². The molecule has 1 aromatic heterocycles.